The number of hydrogen-bond donors (Lipinski definition) is 0. The zero-order valence-corrected chi connectivity index (χ0v) is 12.7. The smallest absolute Gasteiger partial charge is 0.206 e. The van der Waals surface area contributed by atoms with Crippen LogP contribution in [0.4, 0.5) is 17.6 Å². The van der Waals surface area contributed by atoms with Gasteiger partial charge in [0, 0.05) is 12.0 Å². The molecule has 2 aromatic rings. The first kappa shape index (κ1) is 17.1. The lowest BCUT2D eigenvalue weighted by Gasteiger charge is -2.09. The summed E-state index contributed by atoms with van der Waals surface area (Å²) in [7, 11) is 0. The second-order valence-corrected chi connectivity index (χ2v) is 5.18. The third kappa shape index (κ3) is 4.59. The topological polar surface area (TPSA) is 0 Å². The standard InChI is InChI=1S/C19H16F4/c1-2-3-4-5-6-14-7-9-15(10-8-14)16-11-12-17(18(20)13-16)19(21,22)23/h7-13H,2-4H2,1H3. The Kier molecular flexibility index (Phi) is 5.44. The summed E-state index contributed by atoms with van der Waals surface area (Å²) < 4.78 is 51.3. The van der Waals surface area contributed by atoms with Crippen LogP contribution < -0.4 is 0 Å². The number of rotatable bonds is 3. The van der Waals surface area contributed by atoms with E-state index >= 15 is 0 Å². The van der Waals surface area contributed by atoms with Gasteiger partial charge in [-0.15, -0.1) is 0 Å². The van der Waals surface area contributed by atoms with Gasteiger partial charge in [-0.1, -0.05) is 43.4 Å². The van der Waals surface area contributed by atoms with Crippen molar-refractivity contribution in [2.45, 2.75) is 32.4 Å². The van der Waals surface area contributed by atoms with Gasteiger partial charge in [0.25, 0.3) is 0 Å². The van der Waals surface area contributed by atoms with Crippen LogP contribution in [-0.2, 0) is 6.18 Å². The first-order valence-corrected chi connectivity index (χ1v) is 7.38. The summed E-state index contributed by atoms with van der Waals surface area (Å²) >= 11 is 0. The fourth-order valence-electron chi connectivity index (χ4n) is 2.10. The Labute approximate surface area is 133 Å². The SMILES string of the molecule is CCCCC#Cc1ccc(-c2ccc(C(F)(F)F)c(F)c2)cc1. The Bertz CT molecular complexity index is 716. The molecule has 0 aliphatic carbocycles. The molecule has 2 aromatic carbocycles. The molecule has 0 saturated carbocycles. The van der Waals surface area contributed by atoms with Crippen LogP contribution in [-0.4, -0.2) is 0 Å². The van der Waals surface area contributed by atoms with Crippen LogP contribution >= 0.6 is 0 Å². The van der Waals surface area contributed by atoms with E-state index in [-0.39, 0.29) is 0 Å². The summed E-state index contributed by atoms with van der Waals surface area (Å²) in [6.45, 7) is 2.10. The van der Waals surface area contributed by atoms with Crippen molar-refractivity contribution < 1.29 is 17.6 Å². The van der Waals surface area contributed by atoms with Crippen molar-refractivity contribution in [1.29, 1.82) is 0 Å². The maximum atomic E-state index is 13.6. The van der Waals surface area contributed by atoms with E-state index in [1.807, 2.05) is 0 Å². The molecule has 0 aliphatic heterocycles. The Balaban J connectivity index is 2.19. The molecule has 0 amide bonds. The van der Waals surface area contributed by atoms with Crippen molar-refractivity contribution >= 4 is 0 Å². The monoisotopic (exact) mass is 320 g/mol. The molecule has 4 heteroatoms. The second kappa shape index (κ2) is 7.32. The molecule has 0 unspecified atom stereocenters. The van der Waals surface area contributed by atoms with Crippen LogP contribution in [0.3, 0.4) is 0 Å². The number of hydrogen-bond acceptors (Lipinski definition) is 0. The minimum absolute atomic E-state index is 0.404. The van der Waals surface area contributed by atoms with Crippen molar-refractivity contribution in [3.05, 3.63) is 59.4 Å². The highest BCUT2D eigenvalue weighted by Gasteiger charge is 2.33. The van der Waals surface area contributed by atoms with Gasteiger partial charge in [-0.2, -0.15) is 13.2 Å². The molecule has 2 rings (SSSR count). The van der Waals surface area contributed by atoms with Crippen LogP contribution in [0, 0.1) is 17.7 Å². The van der Waals surface area contributed by atoms with E-state index in [0.29, 0.717) is 11.1 Å². The van der Waals surface area contributed by atoms with E-state index in [2.05, 4.69) is 18.8 Å². The second-order valence-electron chi connectivity index (χ2n) is 5.18. The molecule has 0 heterocycles. The minimum atomic E-state index is -4.68. The summed E-state index contributed by atoms with van der Waals surface area (Å²) in [6.07, 6.45) is -1.70. The van der Waals surface area contributed by atoms with Gasteiger partial charge >= 0.3 is 6.18 Å². The molecular weight excluding hydrogens is 304 g/mol. The average molecular weight is 320 g/mol. The maximum Gasteiger partial charge on any atom is 0.419 e. The first-order valence-electron chi connectivity index (χ1n) is 7.38. The van der Waals surface area contributed by atoms with Crippen molar-refractivity contribution in [2.24, 2.45) is 0 Å². The van der Waals surface area contributed by atoms with Gasteiger partial charge in [-0.25, -0.2) is 4.39 Å². The quantitative estimate of drug-likeness (QED) is 0.367. The van der Waals surface area contributed by atoms with Crippen LogP contribution in [0.5, 0.6) is 0 Å². The third-order valence-corrected chi connectivity index (χ3v) is 3.38. The van der Waals surface area contributed by atoms with Crippen molar-refractivity contribution in [3.8, 4) is 23.0 Å². The van der Waals surface area contributed by atoms with Gasteiger partial charge in [0.2, 0.25) is 0 Å². The van der Waals surface area contributed by atoms with Gasteiger partial charge in [-0.05, 0) is 41.8 Å². The Morgan fingerprint density at radius 2 is 1.61 bits per heavy atom. The first-order chi connectivity index (χ1) is 10.9. The lowest BCUT2D eigenvalue weighted by atomic mass is 10.0. The Hall–Kier alpha value is -2.28. The zero-order chi connectivity index (χ0) is 16.9. The van der Waals surface area contributed by atoms with E-state index in [0.717, 1.165) is 37.0 Å². The minimum Gasteiger partial charge on any atom is -0.206 e. The molecule has 0 bridgehead atoms. The molecular formula is C19H16F4. The summed E-state index contributed by atoms with van der Waals surface area (Å²) in [5.41, 5.74) is 0.634. The Morgan fingerprint density at radius 1 is 0.957 bits per heavy atom. The molecule has 0 aliphatic rings. The maximum absolute atomic E-state index is 13.6. The summed E-state index contributed by atoms with van der Waals surface area (Å²) in [4.78, 5) is 0. The van der Waals surface area contributed by atoms with Crippen LogP contribution in [0.1, 0.15) is 37.3 Å². The lowest BCUT2D eigenvalue weighted by Crippen LogP contribution is -2.07. The highest BCUT2D eigenvalue weighted by atomic mass is 19.4. The molecule has 0 aromatic heterocycles. The van der Waals surface area contributed by atoms with E-state index < -0.39 is 17.6 Å². The molecule has 0 N–H and O–H groups in total. The van der Waals surface area contributed by atoms with Crippen molar-refractivity contribution in [2.75, 3.05) is 0 Å². The van der Waals surface area contributed by atoms with E-state index in [1.54, 1.807) is 24.3 Å². The lowest BCUT2D eigenvalue weighted by molar-refractivity contribution is -0.139. The summed E-state index contributed by atoms with van der Waals surface area (Å²) in [5.74, 6) is 4.82. The number of alkyl halides is 3. The number of benzene rings is 2. The predicted molar refractivity (Wildman–Crippen MR) is 83.2 cm³/mol. The molecule has 0 saturated heterocycles. The fourth-order valence-corrected chi connectivity index (χ4v) is 2.10. The van der Waals surface area contributed by atoms with Crippen LogP contribution in [0.15, 0.2) is 42.5 Å². The van der Waals surface area contributed by atoms with E-state index in [9.17, 15) is 17.6 Å². The van der Waals surface area contributed by atoms with Gasteiger partial charge in [0.15, 0.2) is 0 Å². The molecule has 0 radical (unpaired) electrons. The number of halogens is 4. The van der Waals surface area contributed by atoms with Crippen LogP contribution in [0.25, 0.3) is 11.1 Å². The predicted octanol–water partition coefficient (Wildman–Crippen LogP) is 6.05. The molecule has 0 spiro atoms. The molecule has 0 atom stereocenters. The third-order valence-electron chi connectivity index (χ3n) is 3.38. The Morgan fingerprint density at radius 3 is 2.17 bits per heavy atom. The van der Waals surface area contributed by atoms with Gasteiger partial charge in [0.1, 0.15) is 5.82 Å². The molecule has 0 nitrogen and oxygen atoms in total. The molecule has 23 heavy (non-hydrogen) atoms. The number of unbranched alkanes of at least 4 members (excludes halogenated alkanes) is 2. The average Bonchev–Trinajstić information content (AvgIpc) is 2.51. The molecule has 120 valence electrons. The van der Waals surface area contributed by atoms with Crippen LogP contribution in [0.2, 0.25) is 0 Å². The fraction of sp³-hybridized carbons (Fsp3) is 0.263. The highest BCUT2D eigenvalue weighted by Crippen LogP contribution is 2.33. The highest BCUT2D eigenvalue weighted by molar-refractivity contribution is 5.65. The van der Waals surface area contributed by atoms with Gasteiger partial charge < -0.3 is 0 Å². The van der Waals surface area contributed by atoms with Gasteiger partial charge in [0.05, 0.1) is 5.56 Å². The largest absolute Gasteiger partial charge is 0.419 e. The molecule has 0 fully saturated rings. The van der Waals surface area contributed by atoms with Crippen molar-refractivity contribution in [3.63, 3.8) is 0 Å². The van der Waals surface area contributed by atoms with Gasteiger partial charge in [-0.3, -0.25) is 0 Å². The zero-order valence-electron chi connectivity index (χ0n) is 12.7. The van der Waals surface area contributed by atoms with E-state index in [4.69, 9.17) is 0 Å². The van der Waals surface area contributed by atoms with E-state index in [1.165, 1.54) is 6.07 Å². The summed E-state index contributed by atoms with van der Waals surface area (Å²) in [6, 6.07) is 9.97. The summed E-state index contributed by atoms with van der Waals surface area (Å²) in [5, 5.41) is 0. The normalized spacial score (nSPS) is 11.0. The van der Waals surface area contributed by atoms with Crippen molar-refractivity contribution in [1.82, 2.24) is 0 Å².